The molecule has 2 fully saturated rings. The highest BCUT2D eigenvalue weighted by atomic mass is 32.2. The molecule has 1 aromatic carbocycles. The number of ether oxygens (including phenoxy) is 1. The summed E-state index contributed by atoms with van der Waals surface area (Å²) in [5.74, 6) is 0.184. The van der Waals surface area contributed by atoms with Gasteiger partial charge in [-0.25, -0.2) is 13.1 Å². The van der Waals surface area contributed by atoms with Gasteiger partial charge in [0.25, 0.3) is 0 Å². The van der Waals surface area contributed by atoms with Crippen LogP contribution >= 0.6 is 0 Å². The van der Waals surface area contributed by atoms with Crippen LogP contribution in [0.1, 0.15) is 17.7 Å². The fraction of sp³-hybridized carbons (Fsp3) is 0.529. The van der Waals surface area contributed by atoms with E-state index in [-0.39, 0.29) is 11.8 Å². The number of rotatable bonds is 3. The van der Waals surface area contributed by atoms with E-state index in [0.29, 0.717) is 26.3 Å². The fourth-order valence-corrected chi connectivity index (χ4v) is 5.62. The molecule has 134 valence electrons. The van der Waals surface area contributed by atoms with Gasteiger partial charge >= 0.3 is 0 Å². The summed E-state index contributed by atoms with van der Waals surface area (Å²) < 4.78 is 31.8. The van der Waals surface area contributed by atoms with E-state index in [1.165, 1.54) is 0 Å². The molecule has 1 aromatic heterocycles. The van der Waals surface area contributed by atoms with Crippen molar-refractivity contribution in [3.8, 4) is 5.69 Å². The Labute approximate surface area is 147 Å². The fourth-order valence-electron chi connectivity index (χ4n) is 3.74. The molecule has 4 rings (SSSR count). The van der Waals surface area contributed by atoms with E-state index < -0.39 is 15.1 Å². The molecule has 0 radical (unpaired) electrons. The summed E-state index contributed by atoms with van der Waals surface area (Å²) in [5, 5.41) is 8.12. The molecule has 2 saturated heterocycles. The molecule has 3 heterocycles. The normalized spacial score (nSPS) is 26.3. The zero-order chi connectivity index (χ0) is 17.4. The van der Waals surface area contributed by atoms with Crippen LogP contribution in [0.3, 0.4) is 0 Å². The first-order valence-electron chi connectivity index (χ1n) is 8.55. The standard InChI is InChI=1S/C17H22N4O3S/c1-13-4-2-3-5-15(13)21-11-14(18-19-21)10-20-7-9-25(22,23)17-12-24-8-6-16(17)20/h2-5,11,16-17H,6-10,12H2,1H3/t16-,17-/m0/s1. The quantitative estimate of drug-likeness (QED) is 0.810. The molecule has 25 heavy (non-hydrogen) atoms. The van der Waals surface area contributed by atoms with Gasteiger partial charge in [0, 0.05) is 25.7 Å². The van der Waals surface area contributed by atoms with Crippen LogP contribution in [0, 0.1) is 6.92 Å². The van der Waals surface area contributed by atoms with Crippen molar-refractivity contribution in [1.29, 1.82) is 0 Å². The highest BCUT2D eigenvalue weighted by Gasteiger charge is 2.43. The smallest absolute Gasteiger partial charge is 0.158 e. The molecular weight excluding hydrogens is 340 g/mol. The Morgan fingerprint density at radius 3 is 3.00 bits per heavy atom. The van der Waals surface area contributed by atoms with Crippen LogP contribution in [0.25, 0.3) is 5.69 Å². The molecule has 0 amide bonds. The Balaban J connectivity index is 1.54. The SMILES string of the molecule is Cc1ccccc1-n1cc(CN2CCS(=O)(=O)[C@H]3COCC[C@@H]32)nn1. The molecule has 0 bridgehead atoms. The van der Waals surface area contributed by atoms with Gasteiger partial charge in [-0.1, -0.05) is 23.4 Å². The number of nitrogens with zero attached hydrogens (tertiary/aromatic N) is 4. The molecule has 2 aliphatic heterocycles. The minimum absolute atomic E-state index is 0.0103. The number of aromatic nitrogens is 3. The lowest BCUT2D eigenvalue weighted by atomic mass is 10.1. The summed E-state index contributed by atoms with van der Waals surface area (Å²) >= 11 is 0. The van der Waals surface area contributed by atoms with Crippen LogP contribution in [0.4, 0.5) is 0 Å². The van der Waals surface area contributed by atoms with Gasteiger partial charge in [-0.15, -0.1) is 5.10 Å². The summed E-state index contributed by atoms with van der Waals surface area (Å²) in [4.78, 5) is 2.22. The molecule has 8 heteroatoms. The van der Waals surface area contributed by atoms with E-state index in [1.807, 2.05) is 37.4 Å². The third-order valence-corrected chi connectivity index (χ3v) is 7.26. The van der Waals surface area contributed by atoms with E-state index in [0.717, 1.165) is 23.4 Å². The second kappa shape index (κ2) is 6.51. The topological polar surface area (TPSA) is 77.3 Å². The zero-order valence-corrected chi connectivity index (χ0v) is 15.0. The lowest BCUT2D eigenvalue weighted by molar-refractivity contribution is 0.0309. The summed E-state index contributed by atoms with van der Waals surface area (Å²) in [7, 11) is -3.06. The maximum absolute atomic E-state index is 12.3. The Kier molecular flexibility index (Phi) is 4.35. The maximum Gasteiger partial charge on any atom is 0.158 e. The lowest BCUT2D eigenvalue weighted by Gasteiger charge is -2.42. The maximum atomic E-state index is 12.3. The van der Waals surface area contributed by atoms with Crippen LogP contribution in [-0.2, 0) is 21.1 Å². The van der Waals surface area contributed by atoms with Gasteiger partial charge in [0.05, 0.1) is 29.9 Å². The van der Waals surface area contributed by atoms with Crippen LogP contribution in [0.2, 0.25) is 0 Å². The molecule has 2 aliphatic rings. The predicted molar refractivity (Wildman–Crippen MR) is 93.3 cm³/mol. The lowest BCUT2D eigenvalue weighted by Crippen LogP contribution is -2.58. The number of fused-ring (bicyclic) bond motifs is 1. The van der Waals surface area contributed by atoms with Crippen LogP contribution in [-0.4, -0.2) is 65.1 Å². The molecule has 0 unspecified atom stereocenters. The van der Waals surface area contributed by atoms with Crippen LogP contribution in [0.5, 0.6) is 0 Å². The second-order valence-electron chi connectivity index (χ2n) is 6.75. The van der Waals surface area contributed by atoms with Crippen molar-refractivity contribution in [2.45, 2.75) is 31.2 Å². The minimum Gasteiger partial charge on any atom is -0.380 e. The van der Waals surface area contributed by atoms with Gasteiger partial charge in [0.1, 0.15) is 5.25 Å². The average Bonchev–Trinajstić information content (AvgIpc) is 3.07. The third-order valence-electron chi connectivity index (χ3n) is 5.13. The number of benzene rings is 1. The van der Waals surface area contributed by atoms with Gasteiger partial charge in [0.2, 0.25) is 0 Å². The zero-order valence-electron chi connectivity index (χ0n) is 14.2. The third kappa shape index (κ3) is 3.21. The van der Waals surface area contributed by atoms with E-state index in [4.69, 9.17) is 4.74 Å². The van der Waals surface area contributed by atoms with Crippen molar-refractivity contribution >= 4 is 9.84 Å². The van der Waals surface area contributed by atoms with Crippen molar-refractivity contribution in [2.75, 3.05) is 25.5 Å². The Bertz CT molecular complexity index is 864. The largest absolute Gasteiger partial charge is 0.380 e. The first kappa shape index (κ1) is 16.7. The summed E-state index contributed by atoms with van der Waals surface area (Å²) in [5.41, 5.74) is 2.99. The molecule has 0 N–H and O–H groups in total. The number of aryl methyl sites for hydroxylation is 1. The molecule has 7 nitrogen and oxygen atoms in total. The van der Waals surface area contributed by atoms with Crippen molar-refractivity contribution in [3.05, 3.63) is 41.7 Å². The summed E-state index contributed by atoms with van der Waals surface area (Å²) in [6, 6.07) is 8.03. The number of hydrogen-bond donors (Lipinski definition) is 0. The molecule has 0 spiro atoms. The minimum atomic E-state index is -3.06. The average molecular weight is 362 g/mol. The monoisotopic (exact) mass is 362 g/mol. The Morgan fingerprint density at radius 1 is 1.32 bits per heavy atom. The highest BCUT2D eigenvalue weighted by molar-refractivity contribution is 7.92. The molecular formula is C17H22N4O3S. The Morgan fingerprint density at radius 2 is 2.16 bits per heavy atom. The summed E-state index contributed by atoms with van der Waals surface area (Å²) in [6.07, 6.45) is 2.68. The summed E-state index contributed by atoms with van der Waals surface area (Å²) in [6.45, 7) is 4.12. The van der Waals surface area contributed by atoms with Gasteiger partial charge in [-0.05, 0) is 25.0 Å². The van der Waals surface area contributed by atoms with Gasteiger partial charge in [-0.3, -0.25) is 4.90 Å². The first-order valence-corrected chi connectivity index (χ1v) is 10.3. The van der Waals surface area contributed by atoms with E-state index in [9.17, 15) is 8.42 Å². The molecule has 0 saturated carbocycles. The van der Waals surface area contributed by atoms with Crippen molar-refractivity contribution in [3.63, 3.8) is 0 Å². The first-order chi connectivity index (χ1) is 12.0. The van der Waals surface area contributed by atoms with Crippen LogP contribution < -0.4 is 0 Å². The van der Waals surface area contributed by atoms with E-state index >= 15 is 0 Å². The number of hydrogen-bond acceptors (Lipinski definition) is 6. The van der Waals surface area contributed by atoms with Crippen LogP contribution in [0.15, 0.2) is 30.5 Å². The second-order valence-corrected chi connectivity index (χ2v) is 9.09. The molecule has 2 aromatic rings. The van der Waals surface area contributed by atoms with Crippen molar-refractivity contribution in [1.82, 2.24) is 19.9 Å². The Hall–Kier alpha value is -1.77. The van der Waals surface area contributed by atoms with Crippen molar-refractivity contribution < 1.29 is 13.2 Å². The number of sulfone groups is 1. The molecule has 0 aliphatic carbocycles. The van der Waals surface area contributed by atoms with E-state index in [1.54, 1.807) is 4.68 Å². The van der Waals surface area contributed by atoms with Gasteiger partial charge in [-0.2, -0.15) is 0 Å². The number of para-hydroxylation sites is 1. The van der Waals surface area contributed by atoms with Crippen molar-refractivity contribution in [2.24, 2.45) is 0 Å². The predicted octanol–water partition coefficient (Wildman–Crippen LogP) is 0.964. The van der Waals surface area contributed by atoms with Gasteiger partial charge < -0.3 is 4.74 Å². The van der Waals surface area contributed by atoms with E-state index in [2.05, 4.69) is 15.2 Å². The molecule has 2 atom stereocenters. The van der Waals surface area contributed by atoms with Gasteiger partial charge in [0.15, 0.2) is 9.84 Å². The highest BCUT2D eigenvalue weighted by Crippen LogP contribution is 2.27.